The van der Waals surface area contributed by atoms with Crippen molar-refractivity contribution in [2.24, 2.45) is 5.73 Å². The first kappa shape index (κ1) is 23.9. The Morgan fingerprint density at radius 2 is 1.74 bits per heavy atom. The number of imidazole rings is 1. The summed E-state index contributed by atoms with van der Waals surface area (Å²) in [4.78, 5) is 22.0. The number of ketones is 1. The van der Waals surface area contributed by atoms with Crippen molar-refractivity contribution in [3.63, 3.8) is 0 Å². The number of hydrogen-bond acceptors (Lipinski definition) is 5. The van der Waals surface area contributed by atoms with Gasteiger partial charge in [-0.2, -0.15) is 0 Å². The lowest BCUT2D eigenvalue weighted by molar-refractivity contribution is 0.0979. The third-order valence-electron chi connectivity index (χ3n) is 6.44. The number of anilines is 1. The number of nitrogens with zero attached hydrogens (tertiary/aromatic N) is 3. The minimum absolute atomic E-state index is 0.209. The number of aromatic nitrogens is 3. The Balaban J connectivity index is 1.43. The SMILES string of the molecule is CCCCc1nc2c(N)nc3ccccc3c2n1CCCCCC(=O)c1ccc(CCN)cc1. The molecule has 0 fully saturated rings. The largest absolute Gasteiger partial charge is 0.382 e. The average Bonchev–Trinajstić information content (AvgIpc) is 3.22. The summed E-state index contributed by atoms with van der Waals surface area (Å²) in [5.74, 6) is 1.78. The first-order chi connectivity index (χ1) is 16.6. The molecular weight excluding hydrogens is 422 g/mol. The van der Waals surface area contributed by atoms with E-state index in [0.29, 0.717) is 18.8 Å². The number of unbranched alkanes of at least 4 members (excludes halogenated alkanes) is 3. The van der Waals surface area contributed by atoms with Crippen LogP contribution in [-0.2, 0) is 19.4 Å². The molecule has 0 aliphatic carbocycles. The maximum absolute atomic E-state index is 12.6. The molecular formula is C28H35N5O. The van der Waals surface area contributed by atoms with Gasteiger partial charge in [0.15, 0.2) is 11.6 Å². The number of carbonyl (C=O) groups is 1. The van der Waals surface area contributed by atoms with Gasteiger partial charge in [0.25, 0.3) is 0 Å². The highest BCUT2D eigenvalue weighted by Crippen LogP contribution is 2.29. The number of carbonyl (C=O) groups excluding carboxylic acids is 1. The van der Waals surface area contributed by atoms with E-state index in [1.54, 1.807) is 0 Å². The molecule has 6 heteroatoms. The van der Waals surface area contributed by atoms with E-state index in [-0.39, 0.29) is 5.78 Å². The van der Waals surface area contributed by atoms with Crippen LogP contribution in [0.25, 0.3) is 21.9 Å². The molecule has 0 saturated carbocycles. The summed E-state index contributed by atoms with van der Waals surface area (Å²) >= 11 is 0. The Bertz CT molecular complexity index is 1260. The van der Waals surface area contributed by atoms with Gasteiger partial charge in [0.1, 0.15) is 11.3 Å². The van der Waals surface area contributed by atoms with Crippen molar-refractivity contribution in [1.29, 1.82) is 0 Å². The second-order valence-electron chi connectivity index (χ2n) is 8.96. The zero-order chi connectivity index (χ0) is 23.9. The van der Waals surface area contributed by atoms with Gasteiger partial charge < -0.3 is 16.0 Å². The summed E-state index contributed by atoms with van der Waals surface area (Å²) in [5.41, 5.74) is 16.7. The molecule has 178 valence electrons. The minimum atomic E-state index is 0.209. The number of rotatable bonds is 12. The van der Waals surface area contributed by atoms with Crippen LogP contribution in [0.2, 0.25) is 0 Å². The third kappa shape index (κ3) is 5.28. The number of aryl methyl sites for hydroxylation is 2. The van der Waals surface area contributed by atoms with E-state index in [1.807, 2.05) is 42.5 Å². The molecule has 0 aliphatic rings. The van der Waals surface area contributed by atoms with Crippen molar-refractivity contribution >= 4 is 33.5 Å². The molecule has 34 heavy (non-hydrogen) atoms. The second-order valence-corrected chi connectivity index (χ2v) is 8.96. The molecule has 6 nitrogen and oxygen atoms in total. The molecule has 2 aromatic carbocycles. The molecule has 0 radical (unpaired) electrons. The molecule has 4 aromatic rings. The highest BCUT2D eigenvalue weighted by Gasteiger charge is 2.17. The van der Waals surface area contributed by atoms with E-state index in [0.717, 1.165) is 84.8 Å². The van der Waals surface area contributed by atoms with Crippen LogP contribution in [0.5, 0.6) is 0 Å². The molecule has 0 amide bonds. The molecule has 4 N–H and O–H groups in total. The van der Waals surface area contributed by atoms with Gasteiger partial charge in [-0.15, -0.1) is 0 Å². The van der Waals surface area contributed by atoms with Crippen molar-refractivity contribution in [2.75, 3.05) is 12.3 Å². The highest BCUT2D eigenvalue weighted by molar-refractivity contribution is 6.06. The fraction of sp³-hybridized carbons (Fsp3) is 0.393. The fourth-order valence-electron chi connectivity index (χ4n) is 4.57. The summed E-state index contributed by atoms with van der Waals surface area (Å²) in [6.07, 6.45) is 7.41. The van der Waals surface area contributed by atoms with E-state index in [1.165, 1.54) is 5.56 Å². The first-order valence-corrected chi connectivity index (χ1v) is 12.5. The Morgan fingerprint density at radius 1 is 0.941 bits per heavy atom. The monoisotopic (exact) mass is 457 g/mol. The summed E-state index contributed by atoms with van der Waals surface area (Å²) in [6, 6.07) is 16.0. The maximum Gasteiger partial charge on any atom is 0.162 e. The van der Waals surface area contributed by atoms with Crippen LogP contribution in [-0.4, -0.2) is 26.9 Å². The molecule has 2 heterocycles. The number of para-hydroxylation sites is 1. The lowest BCUT2D eigenvalue weighted by atomic mass is 10.0. The van der Waals surface area contributed by atoms with Crippen molar-refractivity contribution in [3.05, 3.63) is 65.5 Å². The number of pyridine rings is 1. The van der Waals surface area contributed by atoms with E-state index in [4.69, 9.17) is 16.5 Å². The highest BCUT2D eigenvalue weighted by atomic mass is 16.1. The van der Waals surface area contributed by atoms with Crippen molar-refractivity contribution < 1.29 is 4.79 Å². The van der Waals surface area contributed by atoms with Crippen LogP contribution in [0.15, 0.2) is 48.5 Å². The third-order valence-corrected chi connectivity index (χ3v) is 6.44. The molecule has 0 unspecified atom stereocenters. The predicted octanol–water partition coefficient (Wildman–Crippen LogP) is 5.45. The molecule has 0 spiro atoms. The van der Waals surface area contributed by atoms with Gasteiger partial charge in [-0.05, 0) is 43.9 Å². The molecule has 0 aliphatic heterocycles. The molecule has 4 rings (SSSR count). The topological polar surface area (TPSA) is 99.8 Å². The van der Waals surface area contributed by atoms with Gasteiger partial charge in [-0.25, -0.2) is 9.97 Å². The molecule has 0 atom stereocenters. The Kier molecular flexibility index (Phi) is 7.91. The smallest absolute Gasteiger partial charge is 0.162 e. The Hall–Kier alpha value is -3.25. The fourth-order valence-corrected chi connectivity index (χ4v) is 4.57. The number of hydrogen-bond donors (Lipinski definition) is 2. The minimum Gasteiger partial charge on any atom is -0.382 e. The van der Waals surface area contributed by atoms with E-state index < -0.39 is 0 Å². The lowest BCUT2D eigenvalue weighted by Crippen LogP contribution is -2.06. The summed E-state index contributed by atoms with van der Waals surface area (Å²) in [7, 11) is 0. The normalized spacial score (nSPS) is 11.5. The van der Waals surface area contributed by atoms with Gasteiger partial charge in [0.2, 0.25) is 0 Å². The van der Waals surface area contributed by atoms with E-state index in [9.17, 15) is 4.79 Å². The van der Waals surface area contributed by atoms with Gasteiger partial charge in [-0.1, -0.05) is 62.2 Å². The predicted molar refractivity (Wildman–Crippen MR) is 140 cm³/mol. The van der Waals surface area contributed by atoms with Crippen molar-refractivity contribution in [1.82, 2.24) is 14.5 Å². The Labute approximate surface area is 201 Å². The van der Waals surface area contributed by atoms with E-state index in [2.05, 4.69) is 22.5 Å². The number of fused-ring (bicyclic) bond motifs is 3. The quantitative estimate of drug-likeness (QED) is 0.217. The first-order valence-electron chi connectivity index (χ1n) is 12.5. The second kappa shape index (κ2) is 11.3. The Morgan fingerprint density at radius 3 is 2.50 bits per heavy atom. The zero-order valence-electron chi connectivity index (χ0n) is 20.1. The van der Waals surface area contributed by atoms with Crippen LogP contribution >= 0.6 is 0 Å². The van der Waals surface area contributed by atoms with Gasteiger partial charge in [0.05, 0.1) is 11.0 Å². The van der Waals surface area contributed by atoms with Crippen molar-refractivity contribution in [3.8, 4) is 0 Å². The summed E-state index contributed by atoms with van der Waals surface area (Å²) < 4.78 is 2.34. The van der Waals surface area contributed by atoms with Crippen LogP contribution in [0.4, 0.5) is 5.82 Å². The standard InChI is InChI=1S/C28H35N5O/c1-2-3-12-25-32-26-27(22-9-6-7-10-23(22)31-28(26)30)33(25)19-8-4-5-11-24(34)21-15-13-20(14-16-21)17-18-29/h6-7,9-10,13-16H,2-5,8,11-12,17-19,29H2,1H3,(H2,30,31). The maximum atomic E-state index is 12.6. The number of Topliss-reactive ketones (excluding diaryl/α,β-unsaturated/α-hetero) is 1. The molecule has 0 saturated heterocycles. The lowest BCUT2D eigenvalue weighted by Gasteiger charge is -2.11. The van der Waals surface area contributed by atoms with Crippen LogP contribution in [0.3, 0.4) is 0 Å². The van der Waals surface area contributed by atoms with E-state index >= 15 is 0 Å². The van der Waals surface area contributed by atoms with Gasteiger partial charge >= 0.3 is 0 Å². The summed E-state index contributed by atoms with van der Waals surface area (Å²) in [6.45, 7) is 3.69. The zero-order valence-corrected chi connectivity index (χ0v) is 20.1. The number of nitrogens with two attached hydrogens (primary N) is 2. The average molecular weight is 458 g/mol. The van der Waals surface area contributed by atoms with Crippen LogP contribution in [0, 0.1) is 0 Å². The van der Waals surface area contributed by atoms with Crippen LogP contribution in [0.1, 0.15) is 67.2 Å². The van der Waals surface area contributed by atoms with Crippen LogP contribution < -0.4 is 11.5 Å². The van der Waals surface area contributed by atoms with Crippen molar-refractivity contribution in [2.45, 2.75) is 64.8 Å². The number of nitrogen functional groups attached to an aromatic ring is 1. The summed E-state index contributed by atoms with van der Waals surface area (Å²) in [5, 5.41) is 1.09. The van der Waals surface area contributed by atoms with Gasteiger partial charge in [0, 0.05) is 30.3 Å². The molecule has 2 aromatic heterocycles. The van der Waals surface area contributed by atoms with Gasteiger partial charge in [-0.3, -0.25) is 4.79 Å². The molecule has 0 bridgehead atoms. The number of benzene rings is 2.